The van der Waals surface area contributed by atoms with Gasteiger partial charge in [0, 0.05) is 30.4 Å². The van der Waals surface area contributed by atoms with Crippen molar-refractivity contribution >= 4 is 17.3 Å². The number of carbonyl (C=O) groups is 1. The lowest BCUT2D eigenvalue weighted by Gasteiger charge is -2.30. The maximum absolute atomic E-state index is 11.7. The van der Waals surface area contributed by atoms with Gasteiger partial charge in [0.05, 0.1) is 0 Å². The molecule has 1 aliphatic rings. The predicted molar refractivity (Wildman–Crippen MR) is 88.6 cm³/mol. The normalized spacial score (nSPS) is 19.5. The van der Waals surface area contributed by atoms with E-state index < -0.39 is 0 Å². The summed E-state index contributed by atoms with van der Waals surface area (Å²) in [6.45, 7) is 7.17. The zero-order chi connectivity index (χ0) is 15.2. The lowest BCUT2D eigenvalue weighted by Crippen LogP contribution is -2.35. The smallest absolute Gasteiger partial charge is 0.226 e. The van der Waals surface area contributed by atoms with Crippen LogP contribution in [0.1, 0.15) is 26.7 Å². The maximum atomic E-state index is 11.7. The quantitative estimate of drug-likeness (QED) is 0.875. The molecular weight excluding hydrogens is 262 g/mol. The molecule has 0 bridgehead atoms. The first kappa shape index (κ1) is 15.8. The molecule has 2 N–H and O–H groups in total. The number of hydrogen-bond donors (Lipinski definition) is 2. The Labute approximate surface area is 127 Å². The molecule has 0 aromatic heterocycles. The lowest BCUT2D eigenvalue weighted by molar-refractivity contribution is -0.118. The fraction of sp³-hybridized carbons (Fsp3) is 0.588. The molecule has 0 radical (unpaired) electrons. The number of piperidine rings is 1. The Kier molecular flexibility index (Phi) is 5.62. The summed E-state index contributed by atoms with van der Waals surface area (Å²) in [4.78, 5) is 14.1. The van der Waals surface area contributed by atoms with Crippen LogP contribution in [0.5, 0.6) is 0 Å². The molecule has 116 valence electrons. The van der Waals surface area contributed by atoms with Crippen LogP contribution >= 0.6 is 0 Å². The summed E-state index contributed by atoms with van der Waals surface area (Å²) in [5.74, 6) is 0.762. The van der Waals surface area contributed by atoms with Crippen molar-refractivity contribution in [1.82, 2.24) is 4.90 Å². The third kappa shape index (κ3) is 5.05. The summed E-state index contributed by atoms with van der Waals surface area (Å²) in [5.41, 5.74) is 1.93. The van der Waals surface area contributed by atoms with Crippen LogP contribution in [-0.2, 0) is 4.79 Å². The van der Waals surface area contributed by atoms with Crippen molar-refractivity contribution in [2.75, 3.05) is 37.3 Å². The fourth-order valence-electron chi connectivity index (χ4n) is 2.70. The molecule has 1 atom stereocenters. The van der Waals surface area contributed by atoms with Crippen molar-refractivity contribution in [3.63, 3.8) is 0 Å². The Morgan fingerprint density at radius 2 is 2.14 bits per heavy atom. The monoisotopic (exact) mass is 289 g/mol. The van der Waals surface area contributed by atoms with Crippen molar-refractivity contribution in [3.8, 4) is 0 Å². The average Bonchev–Trinajstić information content (AvgIpc) is 2.45. The second-order valence-corrected chi connectivity index (χ2v) is 6.38. The Bertz CT molecular complexity index is 473. The standard InChI is InChI=1S/C17H27N3O/c1-13(2)17(21)19-16-8-4-7-15(10-16)18-11-14-6-5-9-20(3)12-14/h4,7-8,10,13-14,18H,5-6,9,11-12H2,1-3H3,(H,19,21). The molecule has 21 heavy (non-hydrogen) atoms. The summed E-state index contributed by atoms with van der Waals surface area (Å²) in [6, 6.07) is 7.97. The van der Waals surface area contributed by atoms with E-state index in [0.29, 0.717) is 5.92 Å². The van der Waals surface area contributed by atoms with E-state index in [2.05, 4.69) is 28.6 Å². The van der Waals surface area contributed by atoms with Gasteiger partial charge in [-0.2, -0.15) is 0 Å². The van der Waals surface area contributed by atoms with Crippen molar-refractivity contribution in [3.05, 3.63) is 24.3 Å². The highest BCUT2D eigenvalue weighted by molar-refractivity contribution is 5.92. The highest BCUT2D eigenvalue weighted by atomic mass is 16.1. The minimum Gasteiger partial charge on any atom is -0.385 e. The van der Waals surface area contributed by atoms with E-state index in [-0.39, 0.29) is 11.8 Å². The Morgan fingerprint density at radius 3 is 2.86 bits per heavy atom. The van der Waals surface area contributed by atoms with E-state index in [0.717, 1.165) is 24.5 Å². The number of benzene rings is 1. The molecule has 1 amide bonds. The summed E-state index contributed by atoms with van der Waals surface area (Å²) in [5, 5.41) is 6.44. The van der Waals surface area contributed by atoms with Crippen LogP contribution in [0.15, 0.2) is 24.3 Å². The molecule has 0 aliphatic carbocycles. The van der Waals surface area contributed by atoms with E-state index in [1.807, 2.05) is 32.0 Å². The number of hydrogen-bond acceptors (Lipinski definition) is 3. The van der Waals surface area contributed by atoms with Crippen molar-refractivity contribution in [2.45, 2.75) is 26.7 Å². The van der Waals surface area contributed by atoms with Gasteiger partial charge in [-0.1, -0.05) is 19.9 Å². The van der Waals surface area contributed by atoms with E-state index >= 15 is 0 Å². The molecule has 1 aliphatic heterocycles. The minimum atomic E-state index is -0.000564. The number of nitrogens with zero attached hydrogens (tertiary/aromatic N) is 1. The van der Waals surface area contributed by atoms with Gasteiger partial charge in [-0.15, -0.1) is 0 Å². The molecule has 1 unspecified atom stereocenters. The first-order chi connectivity index (χ1) is 10.0. The third-order valence-corrected chi connectivity index (χ3v) is 3.97. The SMILES string of the molecule is CC(C)C(=O)Nc1cccc(NCC2CCCN(C)C2)c1. The van der Waals surface area contributed by atoms with Gasteiger partial charge in [0.25, 0.3) is 0 Å². The minimum absolute atomic E-state index is 0.000564. The molecule has 0 spiro atoms. The van der Waals surface area contributed by atoms with E-state index in [1.54, 1.807) is 0 Å². The van der Waals surface area contributed by atoms with Crippen LogP contribution in [0.25, 0.3) is 0 Å². The molecule has 1 aromatic rings. The topological polar surface area (TPSA) is 44.4 Å². The summed E-state index contributed by atoms with van der Waals surface area (Å²) in [7, 11) is 2.19. The lowest BCUT2D eigenvalue weighted by atomic mass is 9.98. The van der Waals surface area contributed by atoms with E-state index in [4.69, 9.17) is 0 Å². The largest absolute Gasteiger partial charge is 0.385 e. The van der Waals surface area contributed by atoms with Gasteiger partial charge in [0.2, 0.25) is 5.91 Å². The van der Waals surface area contributed by atoms with Gasteiger partial charge < -0.3 is 15.5 Å². The van der Waals surface area contributed by atoms with Crippen molar-refractivity contribution in [1.29, 1.82) is 0 Å². The van der Waals surface area contributed by atoms with Gasteiger partial charge in [-0.3, -0.25) is 4.79 Å². The molecule has 1 aromatic carbocycles. The summed E-state index contributed by atoms with van der Waals surface area (Å²) >= 11 is 0. The second-order valence-electron chi connectivity index (χ2n) is 6.38. The average molecular weight is 289 g/mol. The number of nitrogens with one attached hydrogen (secondary N) is 2. The summed E-state index contributed by atoms with van der Waals surface area (Å²) in [6.07, 6.45) is 2.58. The van der Waals surface area contributed by atoms with Crippen LogP contribution in [0.4, 0.5) is 11.4 Å². The van der Waals surface area contributed by atoms with Crippen molar-refractivity contribution < 1.29 is 4.79 Å². The molecule has 4 heteroatoms. The first-order valence-electron chi connectivity index (χ1n) is 7.88. The molecule has 1 heterocycles. The molecule has 0 saturated carbocycles. The summed E-state index contributed by atoms with van der Waals surface area (Å²) < 4.78 is 0. The Balaban J connectivity index is 1.87. The van der Waals surface area contributed by atoms with E-state index in [9.17, 15) is 4.79 Å². The predicted octanol–water partition coefficient (Wildman–Crippen LogP) is 3.03. The fourth-order valence-corrected chi connectivity index (χ4v) is 2.70. The first-order valence-corrected chi connectivity index (χ1v) is 7.88. The molecular formula is C17H27N3O. The maximum Gasteiger partial charge on any atom is 0.226 e. The van der Waals surface area contributed by atoms with Gasteiger partial charge in [-0.05, 0) is 50.6 Å². The van der Waals surface area contributed by atoms with Gasteiger partial charge in [0.15, 0.2) is 0 Å². The second kappa shape index (κ2) is 7.46. The Morgan fingerprint density at radius 1 is 1.38 bits per heavy atom. The van der Waals surface area contributed by atoms with Crippen LogP contribution < -0.4 is 10.6 Å². The van der Waals surface area contributed by atoms with Crippen LogP contribution in [0.2, 0.25) is 0 Å². The molecule has 4 nitrogen and oxygen atoms in total. The van der Waals surface area contributed by atoms with Crippen molar-refractivity contribution in [2.24, 2.45) is 11.8 Å². The highest BCUT2D eigenvalue weighted by Gasteiger charge is 2.16. The number of carbonyl (C=O) groups excluding carboxylic acids is 1. The number of rotatable bonds is 5. The molecule has 2 rings (SSSR count). The third-order valence-electron chi connectivity index (χ3n) is 3.97. The van der Waals surface area contributed by atoms with Crippen LogP contribution in [0, 0.1) is 11.8 Å². The van der Waals surface area contributed by atoms with Crippen LogP contribution in [0.3, 0.4) is 0 Å². The Hall–Kier alpha value is -1.55. The zero-order valence-electron chi connectivity index (χ0n) is 13.4. The van der Waals surface area contributed by atoms with Gasteiger partial charge in [-0.25, -0.2) is 0 Å². The molecule has 1 saturated heterocycles. The number of amides is 1. The highest BCUT2D eigenvalue weighted by Crippen LogP contribution is 2.19. The molecule has 1 fully saturated rings. The number of likely N-dealkylation sites (tertiary alicyclic amines) is 1. The zero-order valence-corrected chi connectivity index (χ0v) is 13.4. The number of anilines is 2. The van der Waals surface area contributed by atoms with Gasteiger partial charge in [0.1, 0.15) is 0 Å². The van der Waals surface area contributed by atoms with Gasteiger partial charge >= 0.3 is 0 Å². The van der Waals surface area contributed by atoms with E-state index in [1.165, 1.54) is 19.4 Å². The van der Waals surface area contributed by atoms with Crippen LogP contribution in [-0.4, -0.2) is 37.5 Å².